The Bertz CT molecular complexity index is 2080. The molecular formula is C39H40N6O5. The summed E-state index contributed by atoms with van der Waals surface area (Å²) in [7, 11) is 1.83. The summed E-state index contributed by atoms with van der Waals surface area (Å²) in [6.07, 6.45) is 4.44. The number of carbonyl (C=O) groups excluding carboxylic acids is 3. The number of hydrogen-bond donors (Lipinski definition) is 2. The molecule has 2 aliphatic rings. The van der Waals surface area contributed by atoms with Crippen LogP contribution >= 0.6 is 0 Å². The maximum Gasteiger partial charge on any atom is 0.262 e. The van der Waals surface area contributed by atoms with Crippen molar-refractivity contribution >= 4 is 34.4 Å². The predicted molar refractivity (Wildman–Crippen MR) is 190 cm³/mol. The van der Waals surface area contributed by atoms with Gasteiger partial charge in [0.2, 0.25) is 5.91 Å². The zero-order valence-electron chi connectivity index (χ0n) is 27.9. The van der Waals surface area contributed by atoms with Crippen molar-refractivity contribution in [1.29, 1.82) is 0 Å². The first-order chi connectivity index (χ1) is 24.2. The molecule has 0 bridgehead atoms. The van der Waals surface area contributed by atoms with E-state index in [1.54, 1.807) is 70.3 Å². The molecule has 0 saturated carbocycles. The number of aryl methyl sites for hydroxylation is 1. The molecule has 11 nitrogen and oxygen atoms in total. The molecule has 50 heavy (non-hydrogen) atoms. The fourth-order valence-corrected chi connectivity index (χ4v) is 7.32. The molecule has 2 fully saturated rings. The van der Waals surface area contributed by atoms with Crippen molar-refractivity contribution in [3.05, 3.63) is 131 Å². The lowest BCUT2D eigenvalue weighted by molar-refractivity contribution is -0.142. The molecule has 2 atom stereocenters. The van der Waals surface area contributed by atoms with Crippen LogP contribution in [0.5, 0.6) is 0 Å². The Balaban J connectivity index is 1.03. The largest absolute Gasteiger partial charge is 0.388 e. The van der Waals surface area contributed by atoms with E-state index in [4.69, 9.17) is 0 Å². The van der Waals surface area contributed by atoms with Crippen molar-refractivity contribution in [3.63, 3.8) is 0 Å². The molecule has 0 spiro atoms. The van der Waals surface area contributed by atoms with Crippen molar-refractivity contribution in [2.24, 2.45) is 13.0 Å². The maximum atomic E-state index is 14.2. The molecule has 0 aliphatic carbocycles. The highest BCUT2D eigenvalue weighted by Crippen LogP contribution is 2.36. The van der Waals surface area contributed by atoms with Gasteiger partial charge in [-0.1, -0.05) is 54.6 Å². The average Bonchev–Trinajstić information content (AvgIpc) is 3.53. The normalized spacial score (nSPS) is 18.9. The maximum absolute atomic E-state index is 14.2. The summed E-state index contributed by atoms with van der Waals surface area (Å²) in [5.74, 6) is -0.950. The number of fused-ring (bicyclic) bond motifs is 1. The average molecular weight is 673 g/mol. The Kier molecular flexibility index (Phi) is 9.07. The first kappa shape index (κ1) is 33.0. The number of carbonyl (C=O) groups is 3. The summed E-state index contributed by atoms with van der Waals surface area (Å²) < 4.78 is 3.25. The number of nitrogens with zero attached hydrogens (tertiary/aromatic N) is 5. The highest BCUT2D eigenvalue weighted by molar-refractivity contribution is 6.05. The van der Waals surface area contributed by atoms with E-state index >= 15 is 0 Å². The summed E-state index contributed by atoms with van der Waals surface area (Å²) in [5.41, 5.74) is 1.76. The Morgan fingerprint density at radius 1 is 0.880 bits per heavy atom. The predicted octanol–water partition coefficient (Wildman–Crippen LogP) is 4.29. The van der Waals surface area contributed by atoms with E-state index in [2.05, 4.69) is 10.3 Å². The minimum absolute atomic E-state index is 0.0168. The molecular weight excluding hydrogens is 632 g/mol. The van der Waals surface area contributed by atoms with Gasteiger partial charge in [0.25, 0.3) is 17.4 Å². The third-order valence-corrected chi connectivity index (χ3v) is 10.2. The second kappa shape index (κ2) is 13.8. The minimum atomic E-state index is -1.14. The molecule has 256 valence electrons. The van der Waals surface area contributed by atoms with Crippen LogP contribution in [0.2, 0.25) is 0 Å². The lowest BCUT2D eigenvalue weighted by Gasteiger charge is -2.43. The summed E-state index contributed by atoms with van der Waals surface area (Å²) in [4.78, 5) is 61.8. The molecule has 7 rings (SSSR count). The molecule has 4 heterocycles. The molecule has 11 heteroatoms. The van der Waals surface area contributed by atoms with Gasteiger partial charge in [0.05, 0.1) is 17.5 Å². The van der Waals surface area contributed by atoms with E-state index in [-0.39, 0.29) is 41.7 Å². The number of aromatic nitrogens is 3. The number of amides is 3. The van der Waals surface area contributed by atoms with Gasteiger partial charge >= 0.3 is 0 Å². The van der Waals surface area contributed by atoms with Crippen LogP contribution in [0.1, 0.15) is 51.5 Å². The second-order valence-electron chi connectivity index (χ2n) is 13.5. The number of nitrogens with one attached hydrogen (secondary N) is 1. The van der Waals surface area contributed by atoms with Gasteiger partial charge in [-0.3, -0.25) is 23.7 Å². The molecule has 2 aromatic heterocycles. The SMILES string of the molecule is Cn1ccc2c(=O)n(CC3(O)CCN(C(=O)[C@@H]4CCN(C(=O)c5cccc(NC(=O)c6ccccc6)c5)C[C@H]4c4ccccc4)CC3)cnc21. The molecule has 3 amide bonds. The van der Waals surface area contributed by atoms with E-state index in [9.17, 15) is 24.3 Å². The molecule has 3 aromatic carbocycles. The number of rotatable bonds is 7. The highest BCUT2D eigenvalue weighted by atomic mass is 16.3. The van der Waals surface area contributed by atoms with Crippen LogP contribution in [0.4, 0.5) is 5.69 Å². The summed E-state index contributed by atoms with van der Waals surface area (Å²) in [6.45, 7) is 1.63. The number of hydrogen-bond acceptors (Lipinski definition) is 6. The lowest BCUT2D eigenvalue weighted by atomic mass is 9.79. The molecule has 2 saturated heterocycles. The lowest BCUT2D eigenvalue weighted by Crippen LogP contribution is -2.53. The van der Waals surface area contributed by atoms with Crippen molar-refractivity contribution in [2.75, 3.05) is 31.5 Å². The quantitative estimate of drug-likeness (QED) is 0.266. The Labute approximate surface area is 289 Å². The van der Waals surface area contributed by atoms with Crippen LogP contribution in [0.15, 0.2) is 108 Å². The van der Waals surface area contributed by atoms with Crippen LogP contribution in [-0.2, 0) is 18.4 Å². The highest BCUT2D eigenvalue weighted by Gasteiger charge is 2.41. The summed E-state index contributed by atoms with van der Waals surface area (Å²) in [5, 5.41) is 14.9. The number of benzene rings is 3. The van der Waals surface area contributed by atoms with Gasteiger partial charge in [0, 0.05) is 68.1 Å². The van der Waals surface area contributed by atoms with Gasteiger partial charge in [0.15, 0.2) is 0 Å². The van der Waals surface area contributed by atoms with Crippen LogP contribution in [-0.4, -0.2) is 78.5 Å². The molecule has 2 aliphatic heterocycles. The topological polar surface area (TPSA) is 130 Å². The third kappa shape index (κ3) is 6.69. The van der Waals surface area contributed by atoms with Gasteiger partial charge in [-0.15, -0.1) is 0 Å². The van der Waals surface area contributed by atoms with Gasteiger partial charge in [-0.05, 0) is 61.2 Å². The van der Waals surface area contributed by atoms with Crippen LogP contribution < -0.4 is 10.9 Å². The first-order valence-corrected chi connectivity index (χ1v) is 17.0. The molecule has 5 aromatic rings. The van der Waals surface area contributed by atoms with E-state index in [1.165, 1.54) is 10.9 Å². The van der Waals surface area contributed by atoms with Crippen molar-refractivity contribution in [2.45, 2.75) is 37.3 Å². The zero-order valence-corrected chi connectivity index (χ0v) is 27.9. The van der Waals surface area contributed by atoms with Gasteiger partial charge in [0.1, 0.15) is 12.0 Å². The Hall–Kier alpha value is -5.55. The van der Waals surface area contributed by atoms with Gasteiger partial charge in [-0.2, -0.15) is 0 Å². The fourth-order valence-electron chi connectivity index (χ4n) is 7.32. The standard InChI is InChI=1S/C39H40N6O5/c1-42-19-15-32-34(42)40-26-45(38(32)49)25-39(50)17-21-43(22-18-39)37(48)31-16-20-44(24-33(31)27-9-4-2-5-10-27)36(47)29-13-8-14-30(23-29)41-35(46)28-11-6-3-7-12-28/h2-15,19,23,26,31,33,50H,16-18,20-22,24-25H2,1H3,(H,41,46)/t31-,33+/m1/s1. The minimum Gasteiger partial charge on any atom is -0.388 e. The summed E-state index contributed by atoms with van der Waals surface area (Å²) >= 11 is 0. The smallest absolute Gasteiger partial charge is 0.262 e. The van der Waals surface area contributed by atoms with Gasteiger partial charge < -0.3 is 24.8 Å². The van der Waals surface area contributed by atoms with E-state index in [0.29, 0.717) is 73.3 Å². The monoisotopic (exact) mass is 672 g/mol. The number of likely N-dealkylation sites (tertiary alicyclic amines) is 2. The Morgan fingerprint density at radius 2 is 1.58 bits per heavy atom. The molecule has 0 radical (unpaired) electrons. The Morgan fingerprint density at radius 3 is 2.32 bits per heavy atom. The molecule has 0 unspecified atom stereocenters. The van der Waals surface area contributed by atoms with Crippen LogP contribution in [0, 0.1) is 5.92 Å². The summed E-state index contributed by atoms with van der Waals surface area (Å²) in [6, 6.07) is 27.4. The molecule has 2 N–H and O–H groups in total. The third-order valence-electron chi connectivity index (χ3n) is 10.2. The number of aliphatic hydroxyl groups is 1. The van der Waals surface area contributed by atoms with E-state index in [1.807, 2.05) is 48.3 Å². The fraction of sp³-hybridized carbons (Fsp3) is 0.308. The van der Waals surface area contributed by atoms with Crippen molar-refractivity contribution in [1.82, 2.24) is 23.9 Å². The van der Waals surface area contributed by atoms with Crippen molar-refractivity contribution in [3.8, 4) is 0 Å². The van der Waals surface area contributed by atoms with E-state index in [0.717, 1.165) is 5.56 Å². The first-order valence-electron chi connectivity index (χ1n) is 17.0. The second-order valence-corrected chi connectivity index (χ2v) is 13.5. The van der Waals surface area contributed by atoms with Crippen LogP contribution in [0.25, 0.3) is 11.0 Å². The van der Waals surface area contributed by atoms with E-state index < -0.39 is 5.60 Å². The zero-order chi connectivity index (χ0) is 34.8. The van der Waals surface area contributed by atoms with Crippen LogP contribution in [0.3, 0.4) is 0 Å². The number of anilines is 1. The van der Waals surface area contributed by atoms with Crippen molar-refractivity contribution < 1.29 is 19.5 Å². The number of piperidine rings is 2. The van der Waals surface area contributed by atoms with Gasteiger partial charge in [-0.25, -0.2) is 4.98 Å².